The van der Waals surface area contributed by atoms with Crippen LogP contribution in [0.3, 0.4) is 0 Å². The lowest BCUT2D eigenvalue weighted by molar-refractivity contribution is 0.682. The van der Waals surface area contributed by atoms with Gasteiger partial charge in [-0.1, -0.05) is 6.08 Å². The van der Waals surface area contributed by atoms with Gasteiger partial charge in [-0.15, -0.1) is 0 Å². The van der Waals surface area contributed by atoms with Crippen molar-refractivity contribution in [2.75, 3.05) is 0 Å². The van der Waals surface area contributed by atoms with Crippen LogP contribution in [0.4, 0.5) is 4.39 Å². The van der Waals surface area contributed by atoms with E-state index in [1.54, 1.807) is 0 Å². The first-order valence-corrected chi connectivity index (χ1v) is 3.18. The molecule has 0 aromatic rings. The number of nitrogens with zero attached hydrogens (tertiary/aromatic N) is 1. The van der Waals surface area contributed by atoms with E-state index < -0.39 is 0 Å². The van der Waals surface area contributed by atoms with Crippen molar-refractivity contribution in [3.8, 4) is 0 Å². The molecule has 0 rings (SSSR count). The van der Waals surface area contributed by atoms with Gasteiger partial charge in [0.05, 0.1) is 6.33 Å². The Morgan fingerprint density at radius 1 is 1.70 bits per heavy atom. The fraction of sp³-hybridized carbons (Fsp3) is 0.571. The zero-order valence-electron chi connectivity index (χ0n) is 6.34. The molecule has 1 unspecified atom stereocenters. The van der Waals surface area contributed by atoms with Gasteiger partial charge in [0.2, 0.25) is 0 Å². The minimum atomic E-state index is -0.294. The van der Waals surface area contributed by atoms with Crippen molar-refractivity contribution in [2.24, 2.45) is 10.7 Å². The molecule has 0 saturated heterocycles. The summed E-state index contributed by atoms with van der Waals surface area (Å²) in [4.78, 5) is 3.99. The van der Waals surface area contributed by atoms with Gasteiger partial charge in [0.15, 0.2) is 0 Å². The van der Waals surface area contributed by atoms with Gasteiger partial charge in [0.25, 0.3) is 0 Å². The summed E-state index contributed by atoms with van der Waals surface area (Å²) in [6, 6.07) is 0. The fourth-order valence-electron chi connectivity index (χ4n) is 0.575. The maximum Gasteiger partial charge on any atom is 0.100 e. The summed E-state index contributed by atoms with van der Waals surface area (Å²) < 4.78 is 11.4. The minimum Gasteiger partial charge on any atom is -0.309 e. The Morgan fingerprint density at radius 2 is 2.30 bits per heavy atom. The van der Waals surface area contributed by atoms with Crippen LogP contribution in [0.5, 0.6) is 0 Å². The van der Waals surface area contributed by atoms with Gasteiger partial charge in [-0.05, 0) is 13.8 Å². The van der Waals surface area contributed by atoms with Gasteiger partial charge in [0.1, 0.15) is 6.17 Å². The van der Waals surface area contributed by atoms with Gasteiger partial charge >= 0.3 is 0 Å². The minimum absolute atomic E-state index is 0.294. The molecule has 10 heavy (non-hydrogen) atoms. The predicted octanol–water partition coefficient (Wildman–Crippen LogP) is 1.63. The predicted molar refractivity (Wildman–Crippen MR) is 41.6 cm³/mol. The molecule has 2 N–H and O–H groups in total. The molecule has 0 aromatic carbocycles. The largest absolute Gasteiger partial charge is 0.309 e. The van der Waals surface area contributed by atoms with E-state index in [-0.39, 0.29) is 6.17 Å². The average molecular weight is 144 g/mol. The van der Waals surface area contributed by atoms with Gasteiger partial charge in [-0.3, -0.25) is 4.99 Å². The second kappa shape index (κ2) is 5.11. The molecule has 0 saturated carbocycles. The molecule has 0 fully saturated rings. The summed E-state index contributed by atoms with van der Waals surface area (Å²) in [5, 5.41) is 0. The number of hydrogen-bond acceptors (Lipinski definition) is 2. The maximum atomic E-state index is 11.4. The lowest BCUT2D eigenvalue weighted by Gasteiger charge is -2.01. The van der Waals surface area contributed by atoms with Crippen molar-refractivity contribution in [1.82, 2.24) is 0 Å². The zero-order chi connectivity index (χ0) is 7.98. The molecule has 0 aliphatic heterocycles. The van der Waals surface area contributed by atoms with E-state index in [1.807, 2.05) is 13.8 Å². The van der Waals surface area contributed by atoms with Gasteiger partial charge in [-0.25, -0.2) is 4.39 Å². The molecule has 1 atom stereocenters. The molecule has 0 spiro atoms. The third-order valence-electron chi connectivity index (χ3n) is 0.891. The lowest BCUT2D eigenvalue weighted by Crippen LogP contribution is -2.16. The topological polar surface area (TPSA) is 38.4 Å². The number of nitrogens with two attached hydrogens (primary N) is 1. The Bertz CT molecular complexity index is 137. The maximum absolute atomic E-state index is 11.4. The smallest absolute Gasteiger partial charge is 0.100 e. The van der Waals surface area contributed by atoms with Crippen LogP contribution in [0.25, 0.3) is 0 Å². The lowest BCUT2D eigenvalue weighted by atomic mass is 10.3. The van der Waals surface area contributed by atoms with E-state index in [9.17, 15) is 4.39 Å². The summed E-state index contributed by atoms with van der Waals surface area (Å²) in [7, 11) is 0. The van der Waals surface area contributed by atoms with Crippen LogP contribution in [0.1, 0.15) is 20.3 Å². The van der Waals surface area contributed by atoms with E-state index in [4.69, 9.17) is 5.73 Å². The first-order chi connectivity index (χ1) is 4.66. The van der Waals surface area contributed by atoms with Crippen LogP contribution in [-0.4, -0.2) is 11.9 Å². The molecule has 0 aromatic heterocycles. The third-order valence-corrected chi connectivity index (χ3v) is 0.891. The molecular formula is C7H13FN2. The van der Waals surface area contributed by atoms with Crippen LogP contribution in [0.2, 0.25) is 0 Å². The number of hydrogen-bond donors (Lipinski definition) is 1. The number of rotatable bonds is 3. The van der Waals surface area contributed by atoms with E-state index >= 15 is 0 Å². The van der Waals surface area contributed by atoms with Crippen LogP contribution >= 0.6 is 0 Å². The monoisotopic (exact) mass is 144 g/mol. The van der Waals surface area contributed by atoms with Crippen molar-refractivity contribution in [1.29, 1.82) is 0 Å². The summed E-state index contributed by atoms with van der Waals surface area (Å²) in [6.07, 6.45) is 2.01. The highest BCUT2D eigenvalue weighted by molar-refractivity contribution is 5.79. The van der Waals surface area contributed by atoms with E-state index in [2.05, 4.69) is 4.99 Å². The standard InChI is InChI=1S/C7H13FN2/c1-6(2)10-7(9)4-3-5-8/h3,5,7H,4,9H2,1-2H3/b5-3+. The first-order valence-electron chi connectivity index (χ1n) is 3.18. The van der Waals surface area contributed by atoms with E-state index in [0.717, 1.165) is 5.71 Å². The van der Waals surface area contributed by atoms with E-state index in [0.29, 0.717) is 12.8 Å². The molecule has 0 bridgehead atoms. The third kappa shape index (κ3) is 5.44. The van der Waals surface area contributed by atoms with Crippen LogP contribution in [-0.2, 0) is 0 Å². The highest BCUT2D eigenvalue weighted by atomic mass is 19.1. The second-order valence-electron chi connectivity index (χ2n) is 2.24. The Kier molecular flexibility index (Phi) is 4.76. The summed E-state index contributed by atoms with van der Waals surface area (Å²) in [5.74, 6) is 0. The average Bonchev–Trinajstić information content (AvgIpc) is 1.82. The normalized spacial score (nSPS) is 13.6. The summed E-state index contributed by atoms with van der Waals surface area (Å²) >= 11 is 0. The zero-order valence-corrected chi connectivity index (χ0v) is 6.34. The Morgan fingerprint density at radius 3 is 2.70 bits per heavy atom. The highest BCUT2D eigenvalue weighted by Gasteiger charge is 1.93. The molecule has 0 aliphatic rings. The molecule has 58 valence electrons. The van der Waals surface area contributed by atoms with Crippen molar-refractivity contribution in [3.05, 3.63) is 12.4 Å². The van der Waals surface area contributed by atoms with Gasteiger partial charge in [0, 0.05) is 12.1 Å². The van der Waals surface area contributed by atoms with Crippen molar-refractivity contribution in [3.63, 3.8) is 0 Å². The Hall–Kier alpha value is -0.700. The van der Waals surface area contributed by atoms with Crippen LogP contribution < -0.4 is 5.73 Å². The molecular weight excluding hydrogens is 131 g/mol. The second-order valence-corrected chi connectivity index (χ2v) is 2.24. The Labute approximate surface area is 60.6 Å². The summed E-state index contributed by atoms with van der Waals surface area (Å²) in [6.45, 7) is 3.72. The van der Waals surface area contributed by atoms with Crippen molar-refractivity contribution in [2.45, 2.75) is 26.4 Å². The molecule has 3 heteroatoms. The highest BCUT2D eigenvalue weighted by Crippen LogP contribution is 1.92. The van der Waals surface area contributed by atoms with Crippen LogP contribution in [0.15, 0.2) is 17.4 Å². The molecule has 2 nitrogen and oxygen atoms in total. The molecule has 0 radical (unpaired) electrons. The summed E-state index contributed by atoms with van der Waals surface area (Å²) in [5.41, 5.74) is 6.37. The van der Waals surface area contributed by atoms with Crippen molar-refractivity contribution >= 4 is 5.71 Å². The fourth-order valence-corrected chi connectivity index (χ4v) is 0.575. The molecule has 0 aliphatic carbocycles. The Balaban J connectivity index is 3.63. The van der Waals surface area contributed by atoms with E-state index in [1.165, 1.54) is 6.08 Å². The number of halogens is 1. The number of aliphatic imine (C=N–C) groups is 1. The quantitative estimate of drug-likeness (QED) is 0.600. The SMILES string of the molecule is CC(C)=NC(N)C/C=C/F. The van der Waals surface area contributed by atoms with Crippen molar-refractivity contribution < 1.29 is 4.39 Å². The first kappa shape index (κ1) is 9.30. The van der Waals surface area contributed by atoms with Crippen LogP contribution in [0, 0.1) is 0 Å². The molecule has 0 amide bonds. The van der Waals surface area contributed by atoms with Gasteiger partial charge in [-0.2, -0.15) is 0 Å². The van der Waals surface area contributed by atoms with Gasteiger partial charge < -0.3 is 5.73 Å². The molecule has 0 heterocycles.